The fraction of sp³-hybridized carbons (Fsp3) is 0.292. The Morgan fingerprint density at radius 2 is 1.70 bits per heavy atom. The minimum absolute atomic E-state index is 0.0548. The van der Waals surface area contributed by atoms with Crippen LogP contribution in [-0.2, 0) is 16.0 Å². The van der Waals surface area contributed by atoms with E-state index in [0.717, 1.165) is 22.6 Å². The van der Waals surface area contributed by atoms with Crippen molar-refractivity contribution in [2.75, 3.05) is 13.2 Å². The van der Waals surface area contributed by atoms with Gasteiger partial charge in [0.2, 0.25) is 5.91 Å². The highest BCUT2D eigenvalue weighted by atomic mass is 16.5. The van der Waals surface area contributed by atoms with Gasteiger partial charge in [0, 0.05) is 12.1 Å². The number of esters is 1. The largest absolute Gasteiger partial charge is 0.460 e. The fourth-order valence-electron chi connectivity index (χ4n) is 3.15. The van der Waals surface area contributed by atoms with Crippen LogP contribution < -0.4 is 5.32 Å². The second-order valence-electron chi connectivity index (χ2n) is 7.36. The first-order valence-electron chi connectivity index (χ1n) is 10.1. The first-order chi connectivity index (χ1) is 14.4. The number of benzene rings is 2. The highest BCUT2D eigenvalue weighted by Gasteiger charge is 2.09. The Kier molecular flexibility index (Phi) is 7.01. The van der Waals surface area contributed by atoms with Crippen molar-refractivity contribution in [3.8, 4) is 5.69 Å². The first-order valence-corrected chi connectivity index (χ1v) is 10.1. The predicted molar refractivity (Wildman–Crippen MR) is 116 cm³/mol. The molecule has 0 aliphatic carbocycles. The van der Waals surface area contributed by atoms with Crippen LogP contribution in [0.3, 0.4) is 0 Å². The van der Waals surface area contributed by atoms with Crippen molar-refractivity contribution in [2.24, 2.45) is 0 Å². The number of hydrogen-bond donors (Lipinski definition) is 1. The molecule has 1 amide bonds. The first kappa shape index (κ1) is 21.3. The van der Waals surface area contributed by atoms with Crippen LogP contribution in [0.2, 0.25) is 0 Å². The van der Waals surface area contributed by atoms with E-state index in [1.807, 2.05) is 67.9 Å². The summed E-state index contributed by atoms with van der Waals surface area (Å²) in [5, 5.41) is 7.21. The minimum Gasteiger partial charge on any atom is -0.460 e. The van der Waals surface area contributed by atoms with Gasteiger partial charge < -0.3 is 10.1 Å². The van der Waals surface area contributed by atoms with Crippen LogP contribution in [0, 0.1) is 20.8 Å². The van der Waals surface area contributed by atoms with Crippen LogP contribution in [0.4, 0.5) is 0 Å². The van der Waals surface area contributed by atoms with Gasteiger partial charge in [-0.25, -0.2) is 9.48 Å². The van der Waals surface area contributed by atoms with E-state index in [1.165, 1.54) is 5.56 Å². The van der Waals surface area contributed by atoms with Gasteiger partial charge in [-0.1, -0.05) is 29.8 Å². The number of carbonyl (C=O) groups excluding carboxylic acids is 2. The fourth-order valence-corrected chi connectivity index (χ4v) is 3.15. The van der Waals surface area contributed by atoms with E-state index >= 15 is 0 Å². The van der Waals surface area contributed by atoms with Crippen LogP contribution in [0.15, 0.2) is 54.6 Å². The van der Waals surface area contributed by atoms with E-state index in [1.54, 1.807) is 12.1 Å². The topological polar surface area (TPSA) is 73.2 Å². The summed E-state index contributed by atoms with van der Waals surface area (Å²) in [5.74, 6) is -0.468. The third kappa shape index (κ3) is 5.80. The lowest BCUT2D eigenvalue weighted by Gasteiger charge is -2.08. The average Bonchev–Trinajstić information content (AvgIpc) is 3.08. The lowest BCUT2D eigenvalue weighted by molar-refractivity contribution is -0.121. The van der Waals surface area contributed by atoms with Crippen molar-refractivity contribution in [2.45, 2.75) is 33.6 Å². The molecule has 1 heterocycles. The summed E-state index contributed by atoms with van der Waals surface area (Å²) >= 11 is 0. The Labute approximate surface area is 176 Å². The molecule has 1 aromatic heterocycles. The standard InChI is InChI=1S/C24H27N3O3/c1-17-4-6-20(7-5-17)8-13-23(28)25-14-15-30-24(29)21-9-11-22(12-10-21)27-19(3)16-18(2)26-27/h4-7,9-12,16H,8,13-15H2,1-3H3,(H,25,28). The molecule has 0 bridgehead atoms. The number of nitrogens with one attached hydrogen (secondary N) is 1. The van der Waals surface area contributed by atoms with E-state index in [2.05, 4.69) is 10.4 Å². The van der Waals surface area contributed by atoms with E-state index in [9.17, 15) is 9.59 Å². The normalized spacial score (nSPS) is 10.6. The van der Waals surface area contributed by atoms with Crippen LogP contribution >= 0.6 is 0 Å². The summed E-state index contributed by atoms with van der Waals surface area (Å²) in [6.07, 6.45) is 1.10. The van der Waals surface area contributed by atoms with Gasteiger partial charge >= 0.3 is 5.97 Å². The number of ether oxygens (including phenoxy) is 1. The molecule has 6 nitrogen and oxygen atoms in total. The minimum atomic E-state index is -0.413. The summed E-state index contributed by atoms with van der Waals surface area (Å²) in [6, 6.07) is 17.2. The zero-order chi connectivity index (χ0) is 21.5. The monoisotopic (exact) mass is 405 g/mol. The zero-order valence-corrected chi connectivity index (χ0v) is 17.6. The molecule has 3 rings (SSSR count). The second kappa shape index (κ2) is 9.87. The molecule has 0 radical (unpaired) electrons. The zero-order valence-electron chi connectivity index (χ0n) is 17.6. The van der Waals surface area contributed by atoms with Crippen LogP contribution in [0.1, 0.15) is 39.3 Å². The van der Waals surface area contributed by atoms with Crippen molar-refractivity contribution >= 4 is 11.9 Å². The highest BCUT2D eigenvalue weighted by molar-refractivity contribution is 5.89. The van der Waals surface area contributed by atoms with Gasteiger partial charge in [-0.3, -0.25) is 4.79 Å². The molecule has 0 aliphatic heterocycles. The maximum Gasteiger partial charge on any atom is 0.338 e. The Morgan fingerprint density at radius 3 is 2.33 bits per heavy atom. The molecule has 0 spiro atoms. The molecule has 0 unspecified atom stereocenters. The maximum absolute atomic E-state index is 12.2. The van der Waals surface area contributed by atoms with Crippen molar-refractivity contribution in [3.05, 3.63) is 82.7 Å². The van der Waals surface area contributed by atoms with Gasteiger partial charge in [0.25, 0.3) is 0 Å². The molecule has 156 valence electrons. The molecule has 30 heavy (non-hydrogen) atoms. The number of hydrogen-bond acceptors (Lipinski definition) is 4. The number of nitrogens with zero attached hydrogens (tertiary/aromatic N) is 2. The van der Waals surface area contributed by atoms with E-state index in [0.29, 0.717) is 24.9 Å². The number of aromatic nitrogens is 2. The summed E-state index contributed by atoms with van der Waals surface area (Å²) in [7, 11) is 0. The molecule has 0 saturated heterocycles. The van der Waals surface area contributed by atoms with Gasteiger partial charge in [-0.05, 0) is 63.1 Å². The Balaban J connectivity index is 1.39. The van der Waals surface area contributed by atoms with Gasteiger partial charge in [-0.2, -0.15) is 5.10 Å². The SMILES string of the molecule is Cc1ccc(CCC(=O)NCCOC(=O)c2ccc(-n3nc(C)cc3C)cc2)cc1. The van der Waals surface area contributed by atoms with Crippen molar-refractivity contribution in [3.63, 3.8) is 0 Å². The van der Waals surface area contributed by atoms with Crippen molar-refractivity contribution in [1.82, 2.24) is 15.1 Å². The average molecular weight is 405 g/mol. The van der Waals surface area contributed by atoms with Crippen LogP contribution in [0.25, 0.3) is 5.69 Å². The van der Waals surface area contributed by atoms with Crippen molar-refractivity contribution in [1.29, 1.82) is 0 Å². The summed E-state index contributed by atoms with van der Waals surface area (Å²) < 4.78 is 7.08. The third-order valence-corrected chi connectivity index (χ3v) is 4.78. The molecule has 0 saturated carbocycles. The van der Waals surface area contributed by atoms with Gasteiger partial charge in [-0.15, -0.1) is 0 Å². The Bertz CT molecular complexity index is 1010. The summed E-state index contributed by atoms with van der Waals surface area (Å²) in [4.78, 5) is 24.1. The number of rotatable bonds is 8. The maximum atomic E-state index is 12.2. The van der Waals surface area contributed by atoms with E-state index in [4.69, 9.17) is 4.74 Å². The molecule has 6 heteroatoms. The lowest BCUT2D eigenvalue weighted by atomic mass is 10.1. The van der Waals surface area contributed by atoms with Crippen LogP contribution in [0.5, 0.6) is 0 Å². The van der Waals surface area contributed by atoms with E-state index < -0.39 is 5.97 Å². The lowest BCUT2D eigenvalue weighted by Crippen LogP contribution is -2.28. The molecule has 0 aliphatic rings. The number of amides is 1. The summed E-state index contributed by atoms with van der Waals surface area (Å²) in [6.45, 7) is 6.39. The second-order valence-corrected chi connectivity index (χ2v) is 7.36. The number of aryl methyl sites for hydroxylation is 4. The molecule has 0 atom stereocenters. The highest BCUT2D eigenvalue weighted by Crippen LogP contribution is 2.13. The molecule has 1 N–H and O–H groups in total. The molecular formula is C24H27N3O3. The smallest absolute Gasteiger partial charge is 0.338 e. The molecule has 0 fully saturated rings. The number of carbonyl (C=O) groups is 2. The van der Waals surface area contributed by atoms with Gasteiger partial charge in [0.05, 0.1) is 23.5 Å². The summed E-state index contributed by atoms with van der Waals surface area (Å²) in [5.41, 5.74) is 5.65. The van der Waals surface area contributed by atoms with Gasteiger partial charge in [0.15, 0.2) is 0 Å². The predicted octanol–water partition coefficient (Wildman–Crippen LogP) is 3.70. The van der Waals surface area contributed by atoms with Crippen molar-refractivity contribution < 1.29 is 14.3 Å². The molecule has 2 aromatic carbocycles. The van der Waals surface area contributed by atoms with Crippen LogP contribution in [-0.4, -0.2) is 34.8 Å². The Morgan fingerprint density at radius 1 is 1.00 bits per heavy atom. The quantitative estimate of drug-likeness (QED) is 0.458. The third-order valence-electron chi connectivity index (χ3n) is 4.78. The molecule has 3 aromatic rings. The Hall–Kier alpha value is -3.41. The molecular weight excluding hydrogens is 378 g/mol. The van der Waals surface area contributed by atoms with E-state index in [-0.39, 0.29) is 12.5 Å². The van der Waals surface area contributed by atoms with Gasteiger partial charge in [0.1, 0.15) is 6.61 Å².